The van der Waals surface area contributed by atoms with Crippen LogP contribution in [0, 0.1) is 5.92 Å². The fourth-order valence-electron chi connectivity index (χ4n) is 3.73. The van der Waals surface area contributed by atoms with Gasteiger partial charge in [0.25, 0.3) is 0 Å². The number of piperidine rings is 1. The average Bonchev–Trinajstić information content (AvgIpc) is 3.27. The van der Waals surface area contributed by atoms with E-state index in [9.17, 15) is 4.79 Å². The molecule has 0 unspecified atom stereocenters. The van der Waals surface area contributed by atoms with Crippen LogP contribution >= 0.6 is 0 Å². The summed E-state index contributed by atoms with van der Waals surface area (Å²) in [5.41, 5.74) is 2.07. The minimum absolute atomic E-state index is 0.00599. The van der Waals surface area contributed by atoms with Crippen LogP contribution in [-0.2, 0) is 19.9 Å². The fourth-order valence-corrected chi connectivity index (χ4v) is 3.73. The van der Waals surface area contributed by atoms with Crippen LogP contribution in [0.2, 0.25) is 0 Å². The monoisotopic (exact) mass is 367 g/mol. The molecule has 8 nitrogen and oxygen atoms in total. The smallest absolute Gasteiger partial charge is 0.317 e. The summed E-state index contributed by atoms with van der Waals surface area (Å²) < 4.78 is 1.73. The van der Waals surface area contributed by atoms with Crippen molar-refractivity contribution in [3.8, 4) is 0 Å². The van der Waals surface area contributed by atoms with Crippen LogP contribution in [0.4, 0.5) is 4.79 Å². The van der Waals surface area contributed by atoms with Gasteiger partial charge in [-0.3, -0.25) is 4.68 Å². The number of benzene rings is 1. The van der Waals surface area contributed by atoms with E-state index < -0.39 is 0 Å². The number of aromatic nitrogens is 5. The maximum atomic E-state index is 12.5. The molecule has 1 aliphatic rings. The third-order valence-corrected chi connectivity index (χ3v) is 5.16. The Balaban J connectivity index is 1.29. The number of carbonyl (C=O) groups is 1. The zero-order chi connectivity index (χ0) is 18.6. The highest BCUT2D eigenvalue weighted by Crippen LogP contribution is 2.21. The van der Waals surface area contributed by atoms with Gasteiger partial charge in [0.2, 0.25) is 0 Å². The first kappa shape index (κ1) is 17.5. The molecule has 1 atom stereocenters. The Labute approximate surface area is 158 Å². The van der Waals surface area contributed by atoms with Crippen molar-refractivity contribution in [1.82, 2.24) is 34.9 Å². The molecule has 27 heavy (non-hydrogen) atoms. The summed E-state index contributed by atoms with van der Waals surface area (Å²) in [5.74, 6) is 2.31. The number of aromatic amines is 1. The van der Waals surface area contributed by atoms with Gasteiger partial charge in [-0.05, 0) is 30.9 Å². The molecular weight excluding hydrogens is 342 g/mol. The molecule has 8 heteroatoms. The molecule has 1 saturated heterocycles. The molecule has 1 fully saturated rings. The van der Waals surface area contributed by atoms with Crippen molar-refractivity contribution in [3.63, 3.8) is 0 Å². The molecule has 0 radical (unpaired) electrons. The lowest BCUT2D eigenvalue weighted by Crippen LogP contribution is -2.46. The quantitative estimate of drug-likeness (QED) is 0.720. The molecule has 2 amide bonds. The molecule has 1 aromatic carbocycles. The molecular formula is C19H25N7O. The van der Waals surface area contributed by atoms with Gasteiger partial charge >= 0.3 is 6.03 Å². The van der Waals surface area contributed by atoms with Gasteiger partial charge in [0.15, 0.2) is 0 Å². The van der Waals surface area contributed by atoms with E-state index >= 15 is 0 Å². The molecule has 2 N–H and O–H groups in total. The number of imidazole rings is 1. The predicted octanol–water partition coefficient (Wildman–Crippen LogP) is 1.90. The zero-order valence-electron chi connectivity index (χ0n) is 15.6. The van der Waals surface area contributed by atoms with Crippen molar-refractivity contribution in [3.05, 3.63) is 42.2 Å². The highest BCUT2D eigenvalue weighted by atomic mass is 16.2. The van der Waals surface area contributed by atoms with E-state index in [0.29, 0.717) is 18.9 Å². The summed E-state index contributed by atoms with van der Waals surface area (Å²) in [4.78, 5) is 26.7. The number of H-pyrrole nitrogens is 1. The summed E-state index contributed by atoms with van der Waals surface area (Å²) in [5, 5.41) is 7.05. The summed E-state index contributed by atoms with van der Waals surface area (Å²) in [6, 6.07) is 8.08. The predicted molar refractivity (Wildman–Crippen MR) is 102 cm³/mol. The van der Waals surface area contributed by atoms with Crippen LogP contribution in [0.1, 0.15) is 24.5 Å². The Morgan fingerprint density at radius 3 is 3.07 bits per heavy atom. The number of rotatable bonds is 5. The molecule has 3 heterocycles. The number of hydrogen-bond donors (Lipinski definition) is 2. The third-order valence-electron chi connectivity index (χ3n) is 5.16. The van der Waals surface area contributed by atoms with Crippen molar-refractivity contribution in [2.24, 2.45) is 13.0 Å². The Morgan fingerprint density at radius 1 is 1.37 bits per heavy atom. The number of hydrogen-bond acceptors (Lipinski definition) is 4. The van der Waals surface area contributed by atoms with Gasteiger partial charge < -0.3 is 15.2 Å². The topological polar surface area (TPSA) is 91.7 Å². The molecule has 1 aliphatic heterocycles. The van der Waals surface area contributed by atoms with Gasteiger partial charge in [-0.25, -0.2) is 14.8 Å². The second kappa shape index (κ2) is 7.77. The number of para-hydroxylation sites is 2. The first-order valence-corrected chi connectivity index (χ1v) is 9.48. The van der Waals surface area contributed by atoms with E-state index in [4.69, 9.17) is 0 Å². The van der Waals surface area contributed by atoms with Crippen LogP contribution in [-0.4, -0.2) is 55.3 Å². The summed E-state index contributed by atoms with van der Waals surface area (Å²) in [7, 11) is 1.86. The molecule has 3 aromatic rings. The maximum absolute atomic E-state index is 12.5. The van der Waals surface area contributed by atoms with Gasteiger partial charge in [-0.1, -0.05) is 12.1 Å². The van der Waals surface area contributed by atoms with E-state index in [0.717, 1.165) is 55.0 Å². The van der Waals surface area contributed by atoms with Crippen molar-refractivity contribution >= 4 is 17.1 Å². The number of nitrogens with one attached hydrogen (secondary N) is 2. The highest BCUT2D eigenvalue weighted by Gasteiger charge is 2.24. The normalized spacial score (nSPS) is 17.4. The second-order valence-electron chi connectivity index (χ2n) is 7.14. The molecule has 0 spiro atoms. The number of carbonyl (C=O) groups excluding carboxylic acids is 1. The first-order chi connectivity index (χ1) is 13.2. The van der Waals surface area contributed by atoms with Crippen LogP contribution in [0.5, 0.6) is 0 Å². The Bertz CT molecular complexity index is 883. The van der Waals surface area contributed by atoms with Gasteiger partial charge in [-0.2, -0.15) is 5.10 Å². The average molecular weight is 367 g/mol. The Kier molecular flexibility index (Phi) is 5.04. The number of fused-ring (bicyclic) bond motifs is 1. The minimum atomic E-state index is 0.00599. The van der Waals surface area contributed by atoms with Gasteiger partial charge in [0.05, 0.1) is 11.0 Å². The van der Waals surface area contributed by atoms with Crippen molar-refractivity contribution in [2.45, 2.75) is 25.7 Å². The molecule has 4 rings (SSSR count). The summed E-state index contributed by atoms with van der Waals surface area (Å²) in [6.45, 7) is 2.15. The van der Waals surface area contributed by atoms with Crippen LogP contribution in [0.3, 0.4) is 0 Å². The third kappa shape index (κ3) is 4.10. The minimum Gasteiger partial charge on any atom is -0.342 e. The lowest BCUT2D eigenvalue weighted by molar-refractivity contribution is 0.165. The standard InChI is InChI=1S/C19H25N7O/c1-25-18(21-13-22-25)8-9-20-19(27)26-10-4-5-14(12-26)11-17-23-15-6-2-3-7-16(15)24-17/h2-3,6-7,13-14H,4-5,8-12H2,1H3,(H,20,27)(H,23,24)/t14-/m1/s1. The van der Waals surface area contributed by atoms with Crippen molar-refractivity contribution in [1.29, 1.82) is 0 Å². The fraction of sp³-hybridized carbons (Fsp3) is 0.474. The van der Waals surface area contributed by atoms with E-state index in [1.165, 1.54) is 6.33 Å². The largest absolute Gasteiger partial charge is 0.342 e. The number of aryl methyl sites for hydroxylation is 1. The first-order valence-electron chi connectivity index (χ1n) is 9.48. The van der Waals surface area contributed by atoms with E-state index in [-0.39, 0.29) is 6.03 Å². The van der Waals surface area contributed by atoms with Gasteiger partial charge in [-0.15, -0.1) is 0 Å². The molecule has 0 aliphatic carbocycles. The van der Waals surface area contributed by atoms with Crippen LogP contribution in [0.25, 0.3) is 11.0 Å². The molecule has 0 saturated carbocycles. The lowest BCUT2D eigenvalue weighted by Gasteiger charge is -2.32. The SMILES string of the molecule is Cn1ncnc1CCNC(=O)N1CCC[C@H](Cc2nc3ccccc3[nH]2)C1. The Morgan fingerprint density at radius 2 is 2.26 bits per heavy atom. The number of likely N-dealkylation sites (tertiary alicyclic amines) is 1. The van der Waals surface area contributed by atoms with Crippen LogP contribution in [0.15, 0.2) is 30.6 Å². The lowest BCUT2D eigenvalue weighted by atomic mass is 9.95. The zero-order valence-corrected chi connectivity index (χ0v) is 15.6. The van der Waals surface area contributed by atoms with Gasteiger partial charge in [0.1, 0.15) is 18.0 Å². The van der Waals surface area contributed by atoms with E-state index in [1.54, 1.807) is 4.68 Å². The summed E-state index contributed by atoms with van der Waals surface area (Å²) >= 11 is 0. The number of urea groups is 1. The Hall–Kier alpha value is -2.90. The number of nitrogens with zero attached hydrogens (tertiary/aromatic N) is 5. The van der Waals surface area contributed by atoms with E-state index in [2.05, 4.69) is 25.4 Å². The maximum Gasteiger partial charge on any atom is 0.317 e. The number of amides is 2. The van der Waals surface area contributed by atoms with Crippen LogP contribution < -0.4 is 5.32 Å². The molecule has 142 valence electrons. The highest BCUT2D eigenvalue weighted by molar-refractivity contribution is 5.75. The molecule has 2 aromatic heterocycles. The van der Waals surface area contributed by atoms with Gasteiger partial charge in [0, 0.05) is 39.5 Å². The molecule has 0 bridgehead atoms. The van der Waals surface area contributed by atoms with Crippen molar-refractivity contribution in [2.75, 3.05) is 19.6 Å². The second-order valence-corrected chi connectivity index (χ2v) is 7.14. The van der Waals surface area contributed by atoms with Crippen molar-refractivity contribution < 1.29 is 4.79 Å². The summed E-state index contributed by atoms with van der Waals surface area (Å²) in [6.07, 6.45) is 5.24. The van der Waals surface area contributed by atoms with E-state index in [1.807, 2.05) is 36.2 Å².